The zero-order chi connectivity index (χ0) is 13.8. The maximum Gasteiger partial charge on any atom is 0.347 e. The van der Waals surface area contributed by atoms with Gasteiger partial charge in [-0.15, -0.1) is 0 Å². The smallest absolute Gasteiger partial charge is 0.347 e. The summed E-state index contributed by atoms with van der Waals surface area (Å²) < 4.78 is 16.3. The summed E-state index contributed by atoms with van der Waals surface area (Å²) in [6, 6.07) is 5.82. The van der Waals surface area contributed by atoms with Crippen LogP contribution in [0.5, 0.6) is 5.75 Å². The van der Waals surface area contributed by atoms with Crippen molar-refractivity contribution in [2.45, 2.75) is 39.8 Å². The number of ether oxygens (including phenoxy) is 2. The quantitative estimate of drug-likeness (QED) is 0.599. The highest BCUT2D eigenvalue weighted by atomic mass is 16.6. The molecule has 0 saturated heterocycles. The molecule has 102 valence electrons. The number of benzene rings is 1. The van der Waals surface area contributed by atoms with Gasteiger partial charge >= 0.3 is 12.9 Å². The van der Waals surface area contributed by atoms with E-state index in [1.54, 1.807) is 6.92 Å². The Bertz CT molecular complexity index is 461. The van der Waals surface area contributed by atoms with Crippen LogP contribution in [0.15, 0.2) is 18.2 Å². The third-order valence-electron chi connectivity index (χ3n) is 3.24. The zero-order valence-electron chi connectivity index (χ0n) is 11.6. The van der Waals surface area contributed by atoms with Gasteiger partial charge in [0.05, 0.1) is 13.2 Å². The molecule has 4 nitrogen and oxygen atoms in total. The molecule has 0 spiro atoms. The Morgan fingerprint density at radius 1 is 1.47 bits per heavy atom. The number of rotatable bonds is 5. The SMILES string of the molecule is CCOC(=O)C(CC)Oc1ccc2c(c1)B(C)OC2. The van der Waals surface area contributed by atoms with Gasteiger partial charge in [0.1, 0.15) is 5.75 Å². The molecule has 1 aliphatic heterocycles. The molecular weight excluding hydrogens is 243 g/mol. The summed E-state index contributed by atoms with van der Waals surface area (Å²) in [6.07, 6.45) is 0.0396. The number of hydrogen-bond donors (Lipinski definition) is 0. The average Bonchev–Trinajstić information content (AvgIpc) is 2.78. The number of esters is 1. The number of hydrogen-bond acceptors (Lipinski definition) is 4. The predicted molar refractivity (Wildman–Crippen MR) is 73.8 cm³/mol. The Labute approximate surface area is 114 Å². The third kappa shape index (κ3) is 3.10. The highest BCUT2D eigenvalue weighted by molar-refractivity contribution is 6.67. The highest BCUT2D eigenvalue weighted by Gasteiger charge is 2.25. The molecule has 0 radical (unpaired) electrons. The lowest BCUT2D eigenvalue weighted by Crippen LogP contribution is -2.30. The van der Waals surface area contributed by atoms with Crippen molar-refractivity contribution < 1.29 is 18.9 Å². The van der Waals surface area contributed by atoms with E-state index in [0.717, 1.165) is 5.46 Å². The molecule has 0 saturated carbocycles. The average molecular weight is 262 g/mol. The van der Waals surface area contributed by atoms with E-state index in [1.807, 2.05) is 31.9 Å². The summed E-state index contributed by atoms with van der Waals surface area (Å²) in [5.74, 6) is 0.380. The summed E-state index contributed by atoms with van der Waals surface area (Å²) >= 11 is 0. The van der Waals surface area contributed by atoms with Crippen LogP contribution < -0.4 is 10.2 Å². The van der Waals surface area contributed by atoms with Gasteiger partial charge in [0.25, 0.3) is 0 Å². The lowest BCUT2D eigenvalue weighted by molar-refractivity contribution is -0.151. The summed E-state index contributed by atoms with van der Waals surface area (Å²) in [4.78, 5) is 11.7. The van der Waals surface area contributed by atoms with E-state index in [2.05, 4.69) is 0 Å². The van der Waals surface area contributed by atoms with Gasteiger partial charge in [-0.25, -0.2) is 4.79 Å². The second-order valence-corrected chi connectivity index (χ2v) is 4.58. The van der Waals surface area contributed by atoms with Gasteiger partial charge in [0.15, 0.2) is 6.10 Å². The van der Waals surface area contributed by atoms with Gasteiger partial charge in [0, 0.05) is 0 Å². The standard InChI is InChI=1S/C14H19BO4/c1-4-13(14(16)17-5-2)19-11-7-6-10-9-18-15(3)12(10)8-11/h6-8,13H,4-5,9H2,1-3H3. The first-order valence-electron chi connectivity index (χ1n) is 6.73. The Morgan fingerprint density at radius 2 is 2.26 bits per heavy atom. The molecule has 0 amide bonds. The minimum atomic E-state index is -0.546. The van der Waals surface area contributed by atoms with E-state index in [9.17, 15) is 4.79 Å². The maximum atomic E-state index is 11.7. The van der Waals surface area contributed by atoms with Crippen LogP contribution in [0.25, 0.3) is 0 Å². The first kappa shape index (κ1) is 13.9. The highest BCUT2D eigenvalue weighted by Crippen LogP contribution is 2.19. The molecule has 0 fully saturated rings. The monoisotopic (exact) mass is 262 g/mol. The zero-order valence-corrected chi connectivity index (χ0v) is 11.6. The van der Waals surface area contributed by atoms with E-state index in [1.165, 1.54) is 5.56 Å². The molecule has 2 rings (SSSR count). The Hall–Kier alpha value is -1.49. The van der Waals surface area contributed by atoms with E-state index in [4.69, 9.17) is 14.1 Å². The van der Waals surface area contributed by atoms with Crippen molar-refractivity contribution in [1.82, 2.24) is 0 Å². The Balaban J connectivity index is 2.10. The second-order valence-electron chi connectivity index (χ2n) is 4.58. The van der Waals surface area contributed by atoms with Gasteiger partial charge in [-0.2, -0.15) is 0 Å². The molecule has 1 aromatic carbocycles. The van der Waals surface area contributed by atoms with Crippen LogP contribution in [0.4, 0.5) is 0 Å². The van der Waals surface area contributed by atoms with Crippen molar-refractivity contribution in [2.24, 2.45) is 0 Å². The fraction of sp³-hybridized carbons (Fsp3) is 0.500. The molecule has 1 unspecified atom stereocenters. The van der Waals surface area contributed by atoms with Crippen LogP contribution in [0.2, 0.25) is 6.82 Å². The van der Waals surface area contributed by atoms with Crippen LogP contribution in [-0.4, -0.2) is 25.6 Å². The van der Waals surface area contributed by atoms with Gasteiger partial charge in [0.2, 0.25) is 0 Å². The van der Waals surface area contributed by atoms with Crippen molar-refractivity contribution in [3.8, 4) is 5.75 Å². The molecule has 1 heterocycles. The molecule has 1 aliphatic rings. The topological polar surface area (TPSA) is 44.8 Å². The van der Waals surface area contributed by atoms with Crippen LogP contribution in [0, 0.1) is 0 Å². The van der Waals surface area contributed by atoms with Crippen molar-refractivity contribution in [3.63, 3.8) is 0 Å². The molecule has 0 N–H and O–H groups in total. The number of fused-ring (bicyclic) bond motifs is 1. The van der Waals surface area contributed by atoms with Crippen molar-refractivity contribution >= 4 is 18.3 Å². The predicted octanol–water partition coefficient (Wildman–Crippen LogP) is 1.77. The maximum absolute atomic E-state index is 11.7. The van der Waals surface area contributed by atoms with Gasteiger partial charge in [-0.1, -0.05) is 19.8 Å². The minimum absolute atomic E-state index is 0.0845. The van der Waals surface area contributed by atoms with E-state index >= 15 is 0 Å². The Kier molecular flexibility index (Phi) is 4.48. The summed E-state index contributed by atoms with van der Waals surface area (Å²) in [6.45, 7) is 6.80. The summed E-state index contributed by atoms with van der Waals surface area (Å²) in [5.41, 5.74) is 2.32. The van der Waals surface area contributed by atoms with E-state index < -0.39 is 6.10 Å². The van der Waals surface area contributed by atoms with Crippen molar-refractivity contribution in [2.75, 3.05) is 6.61 Å². The molecule has 1 atom stereocenters. The van der Waals surface area contributed by atoms with Gasteiger partial charge in [-0.05, 0) is 36.5 Å². The fourth-order valence-electron chi connectivity index (χ4n) is 2.16. The minimum Gasteiger partial charge on any atom is -0.479 e. The fourth-order valence-corrected chi connectivity index (χ4v) is 2.16. The summed E-state index contributed by atoms with van der Waals surface area (Å²) in [7, 11) is 0. The third-order valence-corrected chi connectivity index (χ3v) is 3.24. The Morgan fingerprint density at radius 3 is 2.95 bits per heavy atom. The van der Waals surface area contributed by atoms with Gasteiger partial charge in [-0.3, -0.25) is 0 Å². The van der Waals surface area contributed by atoms with E-state index in [0.29, 0.717) is 25.4 Å². The number of carbonyl (C=O) groups is 1. The molecule has 5 heteroatoms. The molecule has 0 aliphatic carbocycles. The molecule has 0 bridgehead atoms. The van der Waals surface area contributed by atoms with Crippen LogP contribution in [0.3, 0.4) is 0 Å². The molecule has 19 heavy (non-hydrogen) atoms. The molecule has 0 aromatic heterocycles. The normalized spacial score (nSPS) is 15.0. The first-order chi connectivity index (χ1) is 9.15. The van der Waals surface area contributed by atoms with Crippen LogP contribution in [-0.2, 0) is 20.8 Å². The largest absolute Gasteiger partial charge is 0.479 e. The lowest BCUT2D eigenvalue weighted by Gasteiger charge is -2.16. The first-order valence-corrected chi connectivity index (χ1v) is 6.73. The van der Waals surface area contributed by atoms with Crippen molar-refractivity contribution in [3.05, 3.63) is 23.8 Å². The van der Waals surface area contributed by atoms with Crippen LogP contribution >= 0.6 is 0 Å². The molecule has 1 aromatic rings. The second kappa shape index (κ2) is 6.11. The van der Waals surface area contributed by atoms with Gasteiger partial charge < -0.3 is 14.1 Å². The lowest BCUT2D eigenvalue weighted by atomic mass is 9.64. The van der Waals surface area contributed by atoms with E-state index in [-0.39, 0.29) is 12.9 Å². The van der Waals surface area contributed by atoms with Crippen LogP contribution in [0.1, 0.15) is 25.8 Å². The number of carbonyl (C=O) groups excluding carboxylic acids is 1. The molecular formula is C14H19BO4. The summed E-state index contributed by atoms with van der Waals surface area (Å²) in [5, 5.41) is 0. The van der Waals surface area contributed by atoms with Crippen molar-refractivity contribution in [1.29, 1.82) is 0 Å².